The van der Waals surface area contributed by atoms with Gasteiger partial charge in [0, 0.05) is 24.7 Å². The third-order valence-electron chi connectivity index (χ3n) is 6.21. The zero-order chi connectivity index (χ0) is 29.6. The van der Waals surface area contributed by atoms with Crippen LogP contribution < -0.4 is 4.72 Å². The molecule has 1 atom stereocenters. The molecule has 218 valence electrons. The second kappa shape index (κ2) is 11.2. The Morgan fingerprint density at radius 1 is 1.18 bits per heavy atom. The number of piperidine rings is 1. The van der Waals surface area contributed by atoms with Crippen LogP contribution in [0.15, 0.2) is 27.6 Å². The van der Waals surface area contributed by atoms with E-state index in [1.165, 1.54) is 26.0 Å². The van der Waals surface area contributed by atoms with Crippen molar-refractivity contribution < 1.29 is 36.0 Å². The molecule has 16 heteroatoms. The van der Waals surface area contributed by atoms with E-state index in [9.17, 15) is 31.5 Å². The summed E-state index contributed by atoms with van der Waals surface area (Å²) < 4.78 is 71.2. The van der Waals surface area contributed by atoms with Crippen LogP contribution in [0.4, 0.5) is 13.2 Å². The average Bonchev–Trinajstić information content (AvgIpc) is 3.52. The number of aromatic nitrogens is 2. The highest BCUT2D eigenvalue weighted by Gasteiger charge is 2.39. The maximum absolute atomic E-state index is 13.5. The van der Waals surface area contributed by atoms with E-state index < -0.39 is 37.8 Å². The summed E-state index contributed by atoms with van der Waals surface area (Å²) in [5.74, 6) is -0.215. The Morgan fingerprint density at radius 3 is 2.40 bits per heavy atom. The number of aliphatic hydroxyl groups is 1. The summed E-state index contributed by atoms with van der Waals surface area (Å²) in [6.45, 7) is 4.72. The lowest BCUT2D eigenvalue weighted by atomic mass is 10.1. The first-order chi connectivity index (χ1) is 18.5. The van der Waals surface area contributed by atoms with E-state index in [-0.39, 0.29) is 43.5 Å². The molecule has 40 heavy (non-hydrogen) atoms. The minimum atomic E-state index is -4.82. The van der Waals surface area contributed by atoms with Gasteiger partial charge in [-0.15, -0.1) is 11.3 Å². The van der Waals surface area contributed by atoms with Crippen molar-refractivity contribution in [3.05, 3.63) is 39.7 Å². The maximum Gasteiger partial charge on any atom is 0.404 e. The van der Waals surface area contributed by atoms with Crippen LogP contribution in [0.2, 0.25) is 10.0 Å². The molecule has 1 aliphatic heterocycles. The zero-order valence-corrected chi connectivity index (χ0v) is 24.6. The molecule has 1 aromatic carbocycles. The molecule has 1 amide bonds. The maximum atomic E-state index is 13.5. The van der Waals surface area contributed by atoms with E-state index in [0.29, 0.717) is 20.0 Å². The van der Waals surface area contributed by atoms with Gasteiger partial charge in [0.1, 0.15) is 32.9 Å². The molecule has 0 radical (unpaired) electrons. The fourth-order valence-corrected chi connectivity index (χ4v) is 7.14. The van der Waals surface area contributed by atoms with Crippen LogP contribution in [-0.2, 0) is 15.6 Å². The minimum Gasteiger partial charge on any atom is -0.382 e. The zero-order valence-electron chi connectivity index (χ0n) is 21.5. The Kier molecular flexibility index (Phi) is 8.61. The van der Waals surface area contributed by atoms with Crippen molar-refractivity contribution in [3.8, 4) is 21.1 Å². The van der Waals surface area contributed by atoms with Crippen molar-refractivity contribution >= 4 is 50.5 Å². The Hall–Kier alpha value is -2.23. The lowest BCUT2D eigenvalue weighted by molar-refractivity contribution is -0.147. The Bertz CT molecular complexity index is 1530. The number of likely N-dealkylation sites (tertiary alicyclic amines) is 1. The van der Waals surface area contributed by atoms with Crippen LogP contribution in [0.5, 0.6) is 0 Å². The summed E-state index contributed by atoms with van der Waals surface area (Å²) in [7, 11) is -4.71. The van der Waals surface area contributed by atoms with Gasteiger partial charge in [0.2, 0.25) is 10.0 Å². The summed E-state index contributed by atoms with van der Waals surface area (Å²) in [5.41, 5.74) is -0.905. The third-order valence-corrected chi connectivity index (χ3v) is 9.90. The lowest BCUT2D eigenvalue weighted by Crippen LogP contribution is -2.43. The monoisotopic (exact) mass is 640 g/mol. The predicted octanol–water partition coefficient (Wildman–Crippen LogP) is 5.85. The number of nitrogens with zero attached hydrogens (tertiary/aromatic N) is 3. The van der Waals surface area contributed by atoms with Crippen molar-refractivity contribution in [2.24, 2.45) is 0 Å². The second-order valence-electron chi connectivity index (χ2n) is 9.81. The normalized spacial score (nSPS) is 15.9. The molecule has 9 nitrogen and oxygen atoms in total. The SMILES string of the molecule is C[C@H](NS(=O)(=O)c1ccc(-c2sc(-c3cc(C(C)(C)O)on3)nc2C(=O)N2CCCCC2)c(Cl)c1Cl)C(F)(F)F. The highest BCUT2D eigenvalue weighted by Crippen LogP contribution is 2.44. The standard InChI is InChI=1S/C24H25Cl2F3N4O5S2/c1-12(24(27,28)29)32-40(36,37)15-8-7-13(17(25)18(15)26)20-19(22(34)33-9-5-4-6-10-33)30-21(39-20)14-11-16(38-31-14)23(2,3)35/h7-8,11-12,32,35H,4-6,9-10H2,1-3H3/t12-/m0/s1. The number of halogens is 5. The van der Waals surface area contributed by atoms with E-state index >= 15 is 0 Å². The van der Waals surface area contributed by atoms with Gasteiger partial charge in [-0.3, -0.25) is 4.79 Å². The summed E-state index contributed by atoms with van der Waals surface area (Å²) in [6, 6.07) is 1.39. The molecule has 0 aliphatic carbocycles. The number of hydrogen-bond donors (Lipinski definition) is 2. The molecule has 1 fully saturated rings. The van der Waals surface area contributed by atoms with E-state index in [4.69, 9.17) is 27.7 Å². The van der Waals surface area contributed by atoms with Gasteiger partial charge in [-0.2, -0.15) is 17.9 Å². The number of carbonyl (C=O) groups excluding carboxylic acids is 1. The number of amides is 1. The third kappa shape index (κ3) is 6.31. The summed E-state index contributed by atoms with van der Waals surface area (Å²) in [6.07, 6.45) is -2.20. The number of rotatable bonds is 7. The molecular formula is C24H25Cl2F3N4O5S2. The fourth-order valence-electron chi connectivity index (χ4n) is 3.95. The van der Waals surface area contributed by atoms with Crippen molar-refractivity contribution in [3.63, 3.8) is 0 Å². The minimum absolute atomic E-state index is 0.0205. The van der Waals surface area contributed by atoms with Gasteiger partial charge in [0.15, 0.2) is 5.76 Å². The first kappa shape index (κ1) is 30.7. The van der Waals surface area contributed by atoms with Crippen molar-refractivity contribution in [1.29, 1.82) is 0 Å². The average molecular weight is 642 g/mol. The number of benzene rings is 1. The van der Waals surface area contributed by atoms with Crippen molar-refractivity contribution in [2.75, 3.05) is 13.1 Å². The van der Waals surface area contributed by atoms with Crippen LogP contribution in [0, 0.1) is 0 Å². The molecule has 2 N–H and O–H groups in total. The summed E-state index contributed by atoms with van der Waals surface area (Å²) in [5, 5.41) is 13.7. The van der Waals surface area contributed by atoms with E-state index in [2.05, 4.69) is 10.1 Å². The van der Waals surface area contributed by atoms with Crippen LogP contribution in [0.1, 0.15) is 56.3 Å². The molecule has 0 unspecified atom stereocenters. The smallest absolute Gasteiger partial charge is 0.382 e. The molecule has 0 spiro atoms. The highest BCUT2D eigenvalue weighted by atomic mass is 35.5. The number of carbonyl (C=O) groups is 1. The van der Waals surface area contributed by atoms with E-state index in [0.717, 1.165) is 36.7 Å². The van der Waals surface area contributed by atoms with Gasteiger partial charge in [-0.1, -0.05) is 34.4 Å². The molecule has 2 aromatic heterocycles. The number of hydrogen-bond acceptors (Lipinski definition) is 8. The molecule has 3 heterocycles. The molecule has 0 saturated carbocycles. The topological polar surface area (TPSA) is 126 Å². The van der Waals surface area contributed by atoms with Crippen LogP contribution in [-0.4, -0.2) is 59.8 Å². The Labute approximate surface area is 242 Å². The van der Waals surface area contributed by atoms with Crippen LogP contribution >= 0.6 is 34.5 Å². The number of alkyl halides is 3. The highest BCUT2D eigenvalue weighted by molar-refractivity contribution is 7.89. The molecule has 4 rings (SSSR count). The van der Waals surface area contributed by atoms with Crippen molar-refractivity contribution in [2.45, 2.75) is 62.7 Å². The van der Waals surface area contributed by atoms with Crippen LogP contribution in [0.25, 0.3) is 21.1 Å². The Morgan fingerprint density at radius 2 is 1.82 bits per heavy atom. The van der Waals surface area contributed by atoms with Gasteiger partial charge in [-0.05, 0) is 46.1 Å². The molecule has 0 bridgehead atoms. The quantitative estimate of drug-likeness (QED) is 0.331. The molecule has 1 aliphatic rings. The molecular weight excluding hydrogens is 616 g/mol. The first-order valence-corrected chi connectivity index (χ1v) is 15.1. The van der Waals surface area contributed by atoms with E-state index in [1.54, 1.807) is 9.62 Å². The summed E-state index contributed by atoms with van der Waals surface area (Å²) >= 11 is 13.8. The van der Waals surface area contributed by atoms with Gasteiger partial charge >= 0.3 is 6.18 Å². The van der Waals surface area contributed by atoms with Gasteiger partial charge in [-0.25, -0.2) is 13.4 Å². The summed E-state index contributed by atoms with van der Waals surface area (Å²) in [4.78, 5) is 19.3. The lowest BCUT2D eigenvalue weighted by Gasteiger charge is -2.26. The number of thiazole rings is 1. The van der Waals surface area contributed by atoms with Gasteiger partial charge < -0.3 is 14.5 Å². The number of sulfonamides is 1. The molecule has 3 aromatic rings. The van der Waals surface area contributed by atoms with Gasteiger partial charge in [0.05, 0.1) is 14.9 Å². The van der Waals surface area contributed by atoms with Gasteiger partial charge in [0.25, 0.3) is 5.91 Å². The fraction of sp³-hybridized carbons (Fsp3) is 0.458. The Balaban J connectivity index is 1.81. The molecule has 1 saturated heterocycles. The second-order valence-corrected chi connectivity index (χ2v) is 13.2. The largest absolute Gasteiger partial charge is 0.404 e. The van der Waals surface area contributed by atoms with Crippen LogP contribution in [0.3, 0.4) is 0 Å². The predicted molar refractivity (Wildman–Crippen MR) is 144 cm³/mol. The first-order valence-electron chi connectivity index (χ1n) is 12.1. The van der Waals surface area contributed by atoms with E-state index in [1.807, 2.05) is 0 Å². The van der Waals surface area contributed by atoms with Crippen molar-refractivity contribution in [1.82, 2.24) is 19.8 Å². The number of nitrogens with one attached hydrogen (secondary N) is 1.